The lowest BCUT2D eigenvalue weighted by Gasteiger charge is -2.20. The molecule has 0 bridgehead atoms. The Bertz CT molecular complexity index is 2350. The standard InChI is InChI=1S/C37H31Cl2N7O3P2/c1-47-50-36(24-9-5-3-6-10-24)43-33-16-13-28-31(44-46(35(28)42-33)37(51-48-2)25-11-7-4-8-12-25)22-45-32-15-14-30(39)34(29(32)21-41-45)49-27-18-23(20-40)17-26(38)19-27/h3-19,21,36-37,50-51H,22H2,1-2H3,(H,42,43). The van der Waals surface area contributed by atoms with E-state index >= 15 is 0 Å². The van der Waals surface area contributed by atoms with Gasteiger partial charge in [0.05, 0.1) is 51.8 Å². The van der Waals surface area contributed by atoms with Crippen molar-refractivity contribution in [2.75, 3.05) is 19.5 Å². The molecule has 0 aliphatic rings. The van der Waals surface area contributed by atoms with Crippen molar-refractivity contribution in [3.05, 3.63) is 142 Å². The predicted molar refractivity (Wildman–Crippen MR) is 206 cm³/mol. The quantitative estimate of drug-likeness (QED) is 0.116. The van der Waals surface area contributed by atoms with Crippen LogP contribution in [0.5, 0.6) is 11.5 Å². The molecule has 10 nitrogen and oxygen atoms in total. The highest BCUT2D eigenvalue weighted by Crippen LogP contribution is 2.41. The van der Waals surface area contributed by atoms with Gasteiger partial charge in [0.2, 0.25) is 0 Å². The number of hydrogen-bond acceptors (Lipinski definition) is 8. The number of fused-ring (bicyclic) bond motifs is 2. The van der Waals surface area contributed by atoms with Crippen LogP contribution in [0.1, 0.15) is 34.0 Å². The molecule has 0 aliphatic carbocycles. The van der Waals surface area contributed by atoms with Crippen molar-refractivity contribution >= 4 is 68.6 Å². The zero-order valence-corrected chi connectivity index (χ0v) is 30.9. The molecule has 0 saturated heterocycles. The van der Waals surface area contributed by atoms with E-state index in [1.165, 1.54) is 0 Å². The molecule has 0 radical (unpaired) electrons. The van der Waals surface area contributed by atoms with Crippen LogP contribution in [0.4, 0.5) is 5.82 Å². The van der Waals surface area contributed by atoms with Gasteiger partial charge in [-0.25, -0.2) is 9.67 Å². The number of nitriles is 1. The second kappa shape index (κ2) is 15.8. The van der Waals surface area contributed by atoms with E-state index in [0.717, 1.165) is 27.7 Å². The first-order valence-electron chi connectivity index (χ1n) is 15.8. The Hall–Kier alpha value is -4.58. The highest BCUT2D eigenvalue weighted by atomic mass is 35.5. The summed E-state index contributed by atoms with van der Waals surface area (Å²) in [5.74, 6) is 1.20. The number of nitrogens with one attached hydrogen (secondary N) is 1. The summed E-state index contributed by atoms with van der Waals surface area (Å²) in [5.41, 5.74) is 4.81. The Morgan fingerprint density at radius 1 is 0.863 bits per heavy atom. The van der Waals surface area contributed by atoms with E-state index < -0.39 is 0 Å². The molecule has 3 aromatic heterocycles. The van der Waals surface area contributed by atoms with Crippen molar-refractivity contribution < 1.29 is 13.8 Å². The van der Waals surface area contributed by atoms with E-state index in [9.17, 15) is 5.26 Å². The average Bonchev–Trinajstić information content (AvgIpc) is 3.73. The summed E-state index contributed by atoms with van der Waals surface area (Å²) in [5, 5.41) is 25.3. The van der Waals surface area contributed by atoms with Gasteiger partial charge < -0.3 is 19.1 Å². The van der Waals surface area contributed by atoms with Crippen LogP contribution in [0.3, 0.4) is 0 Å². The van der Waals surface area contributed by atoms with Crippen molar-refractivity contribution in [2.24, 2.45) is 0 Å². The van der Waals surface area contributed by atoms with E-state index in [2.05, 4.69) is 35.7 Å². The summed E-state index contributed by atoms with van der Waals surface area (Å²) >= 11 is 12.9. The zero-order chi connectivity index (χ0) is 35.3. The van der Waals surface area contributed by atoms with Gasteiger partial charge in [-0.15, -0.1) is 0 Å². The lowest BCUT2D eigenvalue weighted by molar-refractivity contribution is 0.458. The van der Waals surface area contributed by atoms with Gasteiger partial charge in [-0.2, -0.15) is 15.5 Å². The largest absolute Gasteiger partial charge is 0.455 e. The fourth-order valence-corrected chi connectivity index (χ4v) is 7.86. The Morgan fingerprint density at radius 3 is 2.33 bits per heavy atom. The van der Waals surface area contributed by atoms with Gasteiger partial charge in [-0.1, -0.05) is 83.9 Å². The topological polar surface area (TPSA) is 112 Å². The molecule has 0 amide bonds. The van der Waals surface area contributed by atoms with Crippen molar-refractivity contribution in [1.29, 1.82) is 5.26 Å². The fraction of sp³-hybridized carbons (Fsp3) is 0.135. The number of benzene rings is 4. The van der Waals surface area contributed by atoms with E-state index in [4.69, 9.17) is 52.2 Å². The van der Waals surface area contributed by atoms with Gasteiger partial charge >= 0.3 is 0 Å². The van der Waals surface area contributed by atoms with Crippen LogP contribution in [0, 0.1) is 11.3 Å². The summed E-state index contributed by atoms with van der Waals surface area (Å²) in [4.78, 5) is 5.14. The van der Waals surface area contributed by atoms with E-state index in [1.807, 2.05) is 64.0 Å². The van der Waals surface area contributed by atoms with Gasteiger partial charge in [-0.05, 0) is 53.6 Å². The lowest BCUT2D eigenvalue weighted by atomic mass is 10.2. The lowest BCUT2D eigenvalue weighted by Crippen LogP contribution is -2.11. The van der Waals surface area contributed by atoms with Crippen LogP contribution in [-0.4, -0.2) is 38.8 Å². The Labute approximate surface area is 308 Å². The second-order valence-electron chi connectivity index (χ2n) is 11.4. The number of halogens is 2. The molecule has 14 heteroatoms. The van der Waals surface area contributed by atoms with Gasteiger partial charge in [0.15, 0.2) is 11.4 Å². The van der Waals surface area contributed by atoms with Gasteiger partial charge in [0, 0.05) is 42.2 Å². The molecule has 0 fully saturated rings. The summed E-state index contributed by atoms with van der Waals surface area (Å²) in [6.45, 7) is 0.341. The highest BCUT2D eigenvalue weighted by molar-refractivity contribution is 7.33. The minimum atomic E-state index is -0.217. The SMILES string of the molecule is COPC(Nc1ccc2c(Cn3ncc4c(Oc5cc(Cl)cc(C#N)c5)c(Cl)ccc43)nn(C(POC)c3ccccc3)c2n1)c1ccccc1. The van der Waals surface area contributed by atoms with Gasteiger partial charge in [-0.3, -0.25) is 4.68 Å². The number of hydrogen-bond donors (Lipinski definition) is 1. The second-order valence-corrected chi connectivity index (χ2v) is 14.7. The first-order valence-corrected chi connectivity index (χ1v) is 18.5. The number of ether oxygens (including phenoxy) is 1. The van der Waals surface area contributed by atoms with Gasteiger partial charge in [0.25, 0.3) is 0 Å². The third-order valence-electron chi connectivity index (χ3n) is 8.13. The van der Waals surface area contributed by atoms with E-state index in [0.29, 0.717) is 50.5 Å². The molecular formula is C37H31Cl2N7O3P2. The van der Waals surface area contributed by atoms with Crippen molar-refractivity contribution in [1.82, 2.24) is 24.5 Å². The Morgan fingerprint density at radius 2 is 1.61 bits per heavy atom. The molecule has 0 saturated carbocycles. The van der Waals surface area contributed by atoms with Crippen LogP contribution in [0.2, 0.25) is 10.0 Å². The minimum absolute atomic E-state index is 0.0835. The van der Waals surface area contributed by atoms with Crippen molar-refractivity contribution in [2.45, 2.75) is 18.1 Å². The number of anilines is 1. The fourth-order valence-electron chi connectivity index (χ4n) is 5.83. The van der Waals surface area contributed by atoms with Crippen LogP contribution in [-0.2, 0) is 15.6 Å². The number of nitrogens with zero attached hydrogens (tertiary/aromatic N) is 6. The molecule has 0 spiro atoms. The van der Waals surface area contributed by atoms with Crippen LogP contribution in [0.15, 0.2) is 109 Å². The maximum absolute atomic E-state index is 9.42. The predicted octanol–water partition coefficient (Wildman–Crippen LogP) is 9.94. The first kappa shape index (κ1) is 34.9. The Balaban J connectivity index is 1.30. The minimum Gasteiger partial charge on any atom is -0.455 e. The third-order valence-corrected chi connectivity index (χ3v) is 10.6. The molecule has 0 aliphatic heterocycles. The molecular weight excluding hydrogens is 723 g/mol. The third kappa shape index (κ3) is 7.56. The van der Waals surface area contributed by atoms with Crippen molar-refractivity contribution in [3.8, 4) is 17.6 Å². The summed E-state index contributed by atoms with van der Waals surface area (Å²) in [7, 11) is 3.66. The highest BCUT2D eigenvalue weighted by Gasteiger charge is 2.24. The molecule has 51 heavy (non-hydrogen) atoms. The maximum atomic E-state index is 9.42. The summed E-state index contributed by atoms with van der Waals surface area (Å²) in [6.07, 6.45) is 1.71. The van der Waals surface area contributed by atoms with E-state index in [1.54, 1.807) is 44.7 Å². The van der Waals surface area contributed by atoms with Gasteiger partial charge in [0.1, 0.15) is 17.4 Å². The molecule has 1 N–H and O–H groups in total. The smallest absolute Gasteiger partial charge is 0.161 e. The molecule has 7 aromatic rings. The number of rotatable bonds is 13. The number of pyridine rings is 1. The maximum Gasteiger partial charge on any atom is 0.161 e. The normalized spacial score (nSPS) is 13.0. The van der Waals surface area contributed by atoms with Crippen LogP contribution >= 0.6 is 40.8 Å². The molecule has 4 unspecified atom stereocenters. The van der Waals surface area contributed by atoms with Crippen molar-refractivity contribution in [3.63, 3.8) is 0 Å². The summed E-state index contributed by atoms with van der Waals surface area (Å²) in [6, 6.07) is 34.9. The molecule has 4 aromatic carbocycles. The molecule has 3 heterocycles. The van der Waals surface area contributed by atoms with Crippen LogP contribution < -0.4 is 10.1 Å². The number of aromatic nitrogens is 5. The molecule has 256 valence electrons. The van der Waals surface area contributed by atoms with E-state index in [-0.39, 0.29) is 29.2 Å². The molecule has 7 rings (SSSR count). The zero-order valence-electron chi connectivity index (χ0n) is 27.4. The van der Waals surface area contributed by atoms with Crippen LogP contribution in [0.25, 0.3) is 21.9 Å². The average molecular weight is 755 g/mol. The first-order chi connectivity index (χ1) is 24.9. The summed E-state index contributed by atoms with van der Waals surface area (Å²) < 4.78 is 21.4. The molecule has 4 atom stereocenters. The monoisotopic (exact) mass is 753 g/mol. The Kier molecular flexibility index (Phi) is 10.8.